The van der Waals surface area contributed by atoms with Gasteiger partial charge in [0.2, 0.25) is 5.91 Å². The van der Waals surface area contributed by atoms with Crippen molar-refractivity contribution in [2.45, 2.75) is 13.0 Å². The molecule has 132 valence electrons. The van der Waals surface area contributed by atoms with Gasteiger partial charge in [-0.1, -0.05) is 11.6 Å². The van der Waals surface area contributed by atoms with Crippen LogP contribution in [0.3, 0.4) is 0 Å². The molecule has 1 aliphatic heterocycles. The molecule has 0 bridgehead atoms. The van der Waals surface area contributed by atoms with Crippen LogP contribution >= 0.6 is 11.6 Å². The van der Waals surface area contributed by atoms with Crippen LogP contribution in [-0.2, 0) is 4.79 Å². The maximum Gasteiger partial charge on any atom is 0.241 e. The maximum absolute atomic E-state index is 12.9. The van der Waals surface area contributed by atoms with Crippen molar-refractivity contribution < 1.29 is 9.18 Å². The molecule has 0 saturated carbocycles. The summed E-state index contributed by atoms with van der Waals surface area (Å²) in [7, 11) is 0. The number of halogens is 2. The molecule has 0 aliphatic carbocycles. The second-order valence-electron chi connectivity index (χ2n) is 6.17. The summed E-state index contributed by atoms with van der Waals surface area (Å²) >= 11 is 5.93. The highest BCUT2D eigenvalue weighted by Gasteiger charge is 2.25. The Morgan fingerprint density at radius 2 is 1.64 bits per heavy atom. The Balaban J connectivity index is 1.53. The van der Waals surface area contributed by atoms with Gasteiger partial charge in [0.1, 0.15) is 5.82 Å². The van der Waals surface area contributed by atoms with Gasteiger partial charge in [0.15, 0.2) is 0 Å². The van der Waals surface area contributed by atoms with Gasteiger partial charge in [-0.15, -0.1) is 0 Å². The summed E-state index contributed by atoms with van der Waals surface area (Å²) in [4.78, 5) is 16.9. The van der Waals surface area contributed by atoms with Crippen molar-refractivity contribution in [3.8, 4) is 0 Å². The van der Waals surface area contributed by atoms with Crippen molar-refractivity contribution in [2.75, 3.05) is 36.4 Å². The number of carbonyl (C=O) groups is 1. The number of anilines is 2. The van der Waals surface area contributed by atoms with E-state index in [2.05, 4.69) is 15.1 Å². The van der Waals surface area contributed by atoms with Gasteiger partial charge in [0.05, 0.1) is 6.04 Å². The molecule has 25 heavy (non-hydrogen) atoms. The third kappa shape index (κ3) is 4.50. The fraction of sp³-hybridized carbons (Fsp3) is 0.316. The number of rotatable bonds is 4. The quantitative estimate of drug-likeness (QED) is 0.903. The Labute approximate surface area is 152 Å². The highest BCUT2D eigenvalue weighted by Crippen LogP contribution is 2.20. The third-order valence-electron chi connectivity index (χ3n) is 4.54. The SMILES string of the molecule is C[C@H](C(=O)Nc1ccc(F)cc1)N1CCN(c2ccc(Cl)cc2)CC1. The van der Waals surface area contributed by atoms with E-state index in [0.29, 0.717) is 5.69 Å². The van der Waals surface area contributed by atoms with Gasteiger partial charge in [-0.25, -0.2) is 4.39 Å². The molecule has 3 rings (SSSR count). The van der Waals surface area contributed by atoms with Crippen molar-refractivity contribution in [1.29, 1.82) is 0 Å². The van der Waals surface area contributed by atoms with Crippen LogP contribution in [0, 0.1) is 5.82 Å². The van der Waals surface area contributed by atoms with E-state index in [4.69, 9.17) is 11.6 Å². The van der Waals surface area contributed by atoms with Gasteiger partial charge < -0.3 is 10.2 Å². The van der Waals surface area contributed by atoms with E-state index < -0.39 is 0 Å². The van der Waals surface area contributed by atoms with Crippen LogP contribution in [0.4, 0.5) is 15.8 Å². The lowest BCUT2D eigenvalue weighted by molar-refractivity contribution is -0.120. The summed E-state index contributed by atoms with van der Waals surface area (Å²) in [5.74, 6) is -0.393. The number of nitrogens with one attached hydrogen (secondary N) is 1. The largest absolute Gasteiger partial charge is 0.369 e. The van der Waals surface area contributed by atoms with Crippen molar-refractivity contribution in [2.24, 2.45) is 0 Å². The van der Waals surface area contributed by atoms with Crippen LogP contribution in [-0.4, -0.2) is 43.0 Å². The molecule has 0 radical (unpaired) electrons. The lowest BCUT2D eigenvalue weighted by atomic mass is 10.2. The molecule has 1 aliphatic rings. The van der Waals surface area contributed by atoms with Gasteiger partial charge in [-0.3, -0.25) is 9.69 Å². The molecule has 4 nitrogen and oxygen atoms in total. The number of amides is 1. The van der Waals surface area contributed by atoms with Gasteiger partial charge in [0.25, 0.3) is 0 Å². The normalized spacial score (nSPS) is 16.5. The molecule has 1 saturated heterocycles. The summed E-state index contributed by atoms with van der Waals surface area (Å²) in [5.41, 5.74) is 1.76. The number of carbonyl (C=O) groups excluding carboxylic acids is 1. The monoisotopic (exact) mass is 361 g/mol. The summed E-state index contributed by atoms with van der Waals surface area (Å²) in [6.07, 6.45) is 0. The number of hydrogen-bond donors (Lipinski definition) is 1. The Hall–Kier alpha value is -2.11. The van der Waals surface area contributed by atoms with E-state index in [0.717, 1.165) is 36.9 Å². The first-order valence-electron chi connectivity index (χ1n) is 8.34. The van der Waals surface area contributed by atoms with Gasteiger partial charge >= 0.3 is 0 Å². The maximum atomic E-state index is 12.9. The van der Waals surface area contributed by atoms with Crippen molar-refractivity contribution in [1.82, 2.24) is 4.90 Å². The van der Waals surface area contributed by atoms with Gasteiger partial charge in [-0.2, -0.15) is 0 Å². The lowest BCUT2D eigenvalue weighted by Crippen LogP contribution is -2.52. The highest BCUT2D eigenvalue weighted by molar-refractivity contribution is 6.30. The molecular weight excluding hydrogens is 341 g/mol. The van der Waals surface area contributed by atoms with Crippen molar-refractivity contribution in [3.63, 3.8) is 0 Å². The number of hydrogen-bond acceptors (Lipinski definition) is 3. The fourth-order valence-corrected chi connectivity index (χ4v) is 3.09. The van der Waals surface area contributed by atoms with E-state index >= 15 is 0 Å². The van der Waals surface area contributed by atoms with Crippen molar-refractivity contribution >= 4 is 28.9 Å². The average molecular weight is 362 g/mol. The minimum atomic E-state index is -0.315. The van der Waals surface area contributed by atoms with Crippen LogP contribution in [0.25, 0.3) is 0 Å². The summed E-state index contributed by atoms with van der Waals surface area (Å²) < 4.78 is 12.9. The van der Waals surface area contributed by atoms with Crippen molar-refractivity contribution in [3.05, 3.63) is 59.4 Å². The van der Waals surface area contributed by atoms with Crippen LogP contribution in [0.15, 0.2) is 48.5 Å². The molecule has 2 aromatic carbocycles. The number of nitrogens with zero attached hydrogens (tertiary/aromatic N) is 2. The number of piperazine rings is 1. The van der Waals surface area contributed by atoms with E-state index in [1.807, 2.05) is 31.2 Å². The van der Waals surface area contributed by atoms with Gasteiger partial charge in [-0.05, 0) is 55.5 Å². The van der Waals surface area contributed by atoms with Gasteiger partial charge in [0, 0.05) is 42.6 Å². The molecule has 6 heteroatoms. The Morgan fingerprint density at radius 3 is 2.24 bits per heavy atom. The Bertz CT molecular complexity index is 712. The second-order valence-corrected chi connectivity index (χ2v) is 6.61. The first kappa shape index (κ1) is 17.7. The minimum absolute atomic E-state index is 0.0773. The molecule has 1 amide bonds. The average Bonchev–Trinajstić information content (AvgIpc) is 2.64. The Morgan fingerprint density at radius 1 is 1.04 bits per heavy atom. The molecule has 2 aromatic rings. The first-order valence-corrected chi connectivity index (χ1v) is 8.72. The highest BCUT2D eigenvalue weighted by atomic mass is 35.5. The molecule has 1 heterocycles. The molecule has 1 atom stereocenters. The third-order valence-corrected chi connectivity index (χ3v) is 4.80. The topological polar surface area (TPSA) is 35.6 Å². The van der Waals surface area contributed by atoms with E-state index in [9.17, 15) is 9.18 Å². The van der Waals surface area contributed by atoms with Crippen LogP contribution < -0.4 is 10.2 Å². The first-order chi connectivity index (χ1) is 12.0. The Kier molecular flexibility index (Phi) is 5.56. The summed E-state index contributed by atoms with van der Waals surface area (Å²) in [6.45, 7) is 5.23. The standard InChI is InChI=1S/C19H21ClFN3O/c1-14(19(25)22-17-6-4-16(21)5-7-17)23-10-12-24(13-11-23)18-8-2-15(20)3-9-18/h2-9,14H,10-13H2,1H3,(H,22,25)/t14-/m1/s1. The molecule has 0 aromatic heterocycles. The van der Waals surface area contributed by atoms with Crippen LogP contribution in [0.5, 0.6) is 0 Å². The molecule has 1 N–H and O–H groups in total. The smallest absolute Gasteiger partial charge is 0.241 e. The van der Waals surface area contributed by atoms with Crippen LogP contribution in [0.2, 0.25) is 5.02 Å². The molecular formula is C19H21ClFN3O. The van der Waals surface area contributed by atoms with E-state index in [1.54, 1.807) is 12.1 Å². The zero-order valence-corrected chi connectivity index (χ0v) is 14.8. The zero-order valence-electron chi connectivity index (χ0n) is 14.1. The number of benzene rings is 2. The van der Waals surface area contributed by atoms with E-state index in [-0.39, 0.29) is 17.8 Å². The minimum Gasteiger partial charge on any atom is -0.369 e. The van der Waals surface area contributed by atoms with E-state index in [1.165, 1.54) is 12.1 Å². The van der Waals surface area contributed by atoms with Crippen LogP contribution in [0.1, 0.15) is 6.92 Å². The summed E-state index contributed by atoms with van der Waals surface area (Å²) in [5, 5.41) is 3.57. The molecule has 0 unspecified atom stereocenters. The predicted octanol–water partition coefficient (Wildman–Crippen LogP) is 3.63. The predicted molar refractivity (Wildman–Crippen MR) is 99.7 cm³/mol. The zero-order chi connectivity index (χ0) is 17.8. The summed E-state index contributed by atoms with van der Waals surface area (Å²) in [6, 6.07) is 13.4. The molecule has 1 fully saturated rings. The molecule has 0 spiro atoms. The fourth-order valence-electron chi connectivity index (χ4n) is 2.97. The lowest BCUT2D eigenvalue weighted by Gasteiger charge is -2.38. The second kappa shape index (κ2) is 7.85.